The SMILES string of the molecule is CCc1nn(C)c(C(=O)O)c1Cl.Cl. The lowest BCUT2D eigenvalue weighted by Crippen LogP contribution is -2.05. The van der Waals surface area contributed by atoms with Gasteiger partial charge in [0.25, 0.3) is 0 Å². The highest BCUT2D eigenvalue weighted by atomic mass is 35.5. The Morgan fingerprint density at radius 1 is 1.69 bits per heavy atom. The summed E-state index contributed by atoms with van der Waals surface area (Å²) in [6.07, 6.45) is 0.639. The van der Waals surface area contributed by atoms with E-state index in [2.05, 4.69) is 5.10 Å². The van der Waals surface area contributed by atoms with E-state index in [1.807, 2.05) is 6.92 Å². The molecular weight excluding hydrogens is 215 g/mol. The predicted octanol–water partition coefficient (Wildman–Crippen LogP) is 1.76. The molecule has 0 radical (unpaired) electrons. The Balaban J connectivity index is 0.00000144. The standard InChI is InChI=1S/C7H9ClN2O2.ClH/c1-3-4-5(8)6(7(11)12)10(2)9-4;/h3H2,1-2H3,(H,11,12);1H. The van der Waals surface area contributed by atoms with Crippen molar-refractivity contribution >= 4 is 30.0 Å². The Morgan fingerprint density at radius 2 is 2.23 bits per heavy atom. The minimum atomic E-state index is -1.05. The van der Waals surface area contributed by atoms with Gasteiger partial charge < -0.3 is 5.11 Å². The average molecular weight is 225 g/mol. The third-order valence-electron chi connectivity index (χ3n) is 1.59. The van der Waals surface area contributed by atoms with E-state index in [-0.39, 0.29) is 23.1 Å². The van der Waals surface area contributed by atoms with Crippen molar-refractivity contribution in [2.75, 3.05) is 0 Å². The van der Waals surface area contributed by atoms with Crippen molar-refractivity contribution in [2.45, 2.75) is 13.3 Å². The van der Waals surface area contributed by atoms with Gasteiger partial charge in [-0.3, -0.25) is 4.68 Å². The summed E-state index contributed by atoms with van der Waals surface area (Å²) >= 11 is 5.76. The summed E-state index contributed by atoms with van der Waals surface area (Å²) in [6, 6.07) is 0. The number of rotatable bonds is 2. The largest absolute Gasteiger partial charge is 0.476 e. The van der Waals surface area contributed by atoms with Crippen LogP contribution in [0.25, 0.3) is 0 Å². The summed E-state index contributed by atoms with van der Waals surface area (Å²) in [5.74, 6) is -1.05. The highest BCUT2D eigenvalue weighted by Crippen LogP contribution is 2.20. The van der Waals surface area contributed by atoms with E-state index in [1.165, 1.54) is 4.68 Å². The molecule has 0 bridgehead atoms. The summed E-state index contributed by atoms with van der Waals surface area (Å²) in [7, 11) is 1.56. The molecule has 4 nitrogen and oxygen atoms in total. The summed E-state index contributed by atoms with van der Waals surface area (Å²) in [5, 5.41) is 12.9. The molecule has 0 aliphatic rings. The zero-order valence-electron chi connectivity index (χ0n) is 7.24. The quantitative estimate of drug-likeness (QED) is 0.834. The van der Waals surface area contributed by atoms with Gasteiger partial charge in [0, 0.05) is 7.05 Å². The van der Waals surface area contributed by atoms with Crippen LogP contribution >= 0.6 is 24.0 Å². The number of hydrogen-bond donors (Lipinski definition) is 1. The van der Waals surface area contributed by atoms with Crippen LogP contribution in [0.15, 0.2) is 0 Å². The first-order chi connectivity index (χ1) is 5.57. The van der Waals surface area contributed by atoms with Crippen molar-refractivity contribution in [2.24, 2.45) is 7.05 Å². The van der Waals surface area contributed by atoms with Crippen LogP contribution in [-0.2, 0) is 13.5 Å². The number of carboxylic acid groups (broad SMARTS) is 1. The Labute approximate surface area is 86.9 Å². The van der Waals surface area contributed by atoms with Gasteiger partial charge in [0.2, 0.25) is 0 Å². The predicted molar refractivity (Wildman–Crippen MR) is 51.8 cm³/mol. The number of aromatic nitrogens is 2. The minimum Gasteiger partial charge on any atom is -0.476 e. The number of carbonyl (C=O) groups is 1. The second-order valence-electron chi connectivity index (χ2n) is 2.39. The number of aryl methyl sites for hydroxylation is 2. The fourth-order valence-electron chi connectivity index (χ4n) is 1.01. The zero-order valence-corrected chi connectivity index (χ0v) is 8.82. The lowest BCUT2D eigenvalue weighted by molar-refractivity contribution is 0.0685. The van der Waals surface area contributed by atoms with Crippen LogP contribution in [-0.4, -0.2) is 20.9 Å². The lowest BCUT2D eigenvalue weighted by atomic mass is 10.3. The second kappa shape index (κ2) is 4.48. The Bertz CT molecular complexity index is 323. The molecule has 0 fully saturated rings. The average Bonchev–Trinajstić information content (AvgIpc) is 2.25. The first kappa shape index (κ1) is 12.3. The molecule has 6 heteroatoms. The van der Waals surface area contributed by atoms with Gasteiger partial charge in [-0.25, -0.2) is 4.79 Å². The molecule has 1 aromatic rings. The molecule has 1 aromatic heterocycles. The fraction of sp³-hybridized carbons (Fsp3) is 0.429. The molecule has 0 saturated carbocycles. The Kier molecular flexibility index (Phi) is 4.23. The van der Waals surface area contributed by atoms with Crippen molar-refractivity contribution in [3.05, 3.63) is 16.4 Å². The molecule has 0 saturated heterocycles. The van der Waals surface area contributed by atoms with Crippen molar-refractivity contribution < 1.29 is 9.90 Å². The number of halogens is 2. The molecule has 1 N–H and O–H groups in total. The van der Waals surface area contributed by atoms with Gasteiger partial charge in [-0.2, -0.15) is 5.10 Å². The molecule has 0 atom stereocenters. The molecule has 0 amide bonds. The fourth-order valence-corrected chi connectivity index (χ4v) is 1.39. The maximum atomic E-state index is 10.6. The van der Waals surface area contributed by atoms with Gasteiger partial charge in [-0.05, 0) is 6.42 Å². The summed E-state index contributed by atoms with van der Waals surface area (Å²) in [6.45, 7) is 1.87. The molecular formula is C7H10Cl2N2O2. The van der Waals surface area contributed by atoms with Gasteiger partial charge in [0.05, 0.1) is 10.7 Å². The van der Waals surface area contributed by atoms with E-state index in [4.69, 9.17) is 16.7 Å². The third-order valence-corrected chi connectivity index (χ3v) is 1.99. The van der Waals surface area contributed by atoms with Gasteiger partial charge in [0.1, 0.15) is 0 Å². The van der Waals surface area contributed by atoms with Crippen molar-refractivity contribution in [1.82, 2.24) is 9.78 Å². The van der Waals surface area contributed by atoms with Crippen LogP contribution in [0.4, 0.5) is 0 Å². The Hall–Kier alpha value is -0.740. The normalized spacial score (nSPS) is 9.46. The highest BCUT2D eigenvalue weighted by Gasteiger charge is 2.18. The maximum absolute atomic E-state index is 10.6. The van der Waals surface area contributed by atoms with E-state index in [9.17, 15) is 4.79 Å². The van der Waals surface area contributed by atoms with E-state index in [1.54, 1.807) is 7.05 Å². The maximum Gasteiger partial charge on any atom is 0.355 e. The smallest absolute Gasteiger partial charge is 0.355 e. The zero-order chi connectivity index (χ0) is 9.30. The molecule has 1 rings (SSSR count). The van der Waals surface area contributed by atoms with Crippen LogP contribution in [0.1, 0.15) is 23.1 Å². The van der Waals surface area contributed by atoms with E-state index in [0.717, 1.165) is 0 Å². The van der Waals surface area contributed by atoms with Crippen LogP contribution < -0.4 is 0 Å². The summed E-state index contributed by atoms with van der Waals surface area (Å²) in [5.41, 5.74) is 0.671. The highest BCUT2D eigenvalue weighted by molar-refractivity contribution is 6.33. The topological polar surface area (TPSA) is 55.1 Å². The minimum absolute atomic E-state index is 0. The van der Waals surface area contributed by atoms with Gasteiger partial charge in [-0.15, -0.1) is 12.4 Å². The summed E-state index contributed by atoms with van der Waals surface area (Å²) in [4.78, 5) is 10.6. The lowest BCUT2D eigenvalue weighted by Gasteiger charge is -1.93. The molecule has 1 heterocycles. The number of carboxylic acids is 1. The monoisotopic (exact) mass is 224 g/mol. The van der Waals surface area contributed by atoms with E-state index >= 15 is 0 Å². The van der Waals surface area contributed by atoms with Crippen molar-refractivity contribution in [3.63, 3.8) is 0 Å². The molecule has 0 aromatic carbocycles. The molecule has 13 heavy (non-hydrogen) atoms. The molecule has 0 spiro atoms. The van der Waals surface area contributed by atoms with Crippen LogP contribution in [0.2, 0.25) is 5.02 Å². The van der Waals surface area contributed by atoms with E-state index in [0.29, 0.717) is 12.1 Å². The first-order valence-corrected chi connectivity index (χ1v) is 3.90. The van der Waals surface area contributed by atoms with Crippen LogP contribution in [0, 0.1) is 0 Å². The van der Waals surface area contributed by atoms with Crippen LogP contribution in [0.5, 0.6) is 0 Å². The third kappa shape index (κ3) is 2.14. The summed E-state index contributed by atoms with van der Waals surface area (Å²) < 4.78 is 1.28. The number of aromatic carboxylic acids is 1. The van der Waals surface area contributed by atoms with Crippen molar-refractivity contribution in [1.29, 1.82) is 0 Å². The number of nitrogens with zero attached hydrogens (tertiary/aromatic N) is 2. The van der Waals surface area contributed by atoms with Crippen molar-refractivity contribution in [3.8, 4) is 0 Å². The van der Waals surface area contributed by atoms with Crippen LogP contribution in [0.3, 0.4) is 0 Å². The number of hydrogen-bond acceptors (Lipinski definition) is 2. The van der Waals surface area contributed by atoms with Gasteiger partial charge in [-0.1, -0.05) is 18.5 Å². The molecule has 0 aliphatic carbocycles. The van der Waals surface area contributed by atoms with E-state index < -0.39 is 5.97 Å². The molecule has 74 valence electrons. The van der Waals surface area contributed by atoms with Gasteiger partial charge in [0.15, 0.2) is 5.69 Å². The first-order valence-electron chi connectivity index (χ1n) is 3.52. The molecule has 0 unspecified atom stereocenters. The molecule has 0 aliphatic heterocycles. The Morgan fingerprint density at radius 3 is 2.46 bits per heavy atom. The second-order valence-corrected chi connectivity index (χ2v) is 2.77. The van der Waals surface area contributed by atoms with Gasteiger partial charge >= 0.3 is 5.97 Å².